The predicted octanol–water partition coefficient (Wildman–Crippen LogP) is 3.08. The molecule has 5 rings (SSSR count). The monoisotopic (exact) mass is 391 g/mol. The average molecular weight is 392 g/mol. The molecule has 4 aromatic rings. The highest BCUT2D eigenvalue weighted by atomic mass is 35.5. The molecule has 0 spiro atoms. The van der Waals surface area contributed by atoms with Crippen LogP contribution in [0.25, 0.3) is 11.3 Å². The molecule has 1 aliphatic rings. The number of fused-ring (bicyclic) bond motifs is 2. The van der Waals surface area contributed by atoms with Crippen molar-refractivity contribution in [1.82, 2.24) is 30.4 Å². The van der Waals surface area contributed by atoms with E-state index in [2.05, 4.69) is 31.0 Å². The molecule has 0 radical (unpaired) electrons. The molecule has 2 aromatic heterocycles. The number of anilines is 2. The second-order valence-corrected chi connectivity index (χ2v) is 7.02. The lowest BCUT2D eigenvalue weighted by Crippen LogP contribution is -2.29. The number of hydrogen-bond donors (Lipinski definition) is 2. The molecule has 0 saturated heterocycles. The van der Waals surface area contributed by atoms with E-state index in [1.807, 2.05) is 43.3 Å². The van der Waals surface area contributed by atoms with Crippen LogP contribution in [0.3, 0.4) is 0 Å². The fourth-order valence-electron chi connectivity index (χ4n) is 3.42. The van der Waals surface area contributed by atoms with Gasteiger partial charge in [0, 0.05) is 16.1 Å². The van der Waals surface area contributed by atoms with Crippen LogP contribution in [-0.4, -0.2) is 30.4 Å². The Kier molecular flexibility index (Phi) is 3.73. The quantitative estimate of drug-likeness (QED) is 0.479. The molecule has 0 bridgehead atoms. The van der Waals surface area contributed by atoms with E-state index in [9.17, 15) is 4.79 Å². The molecular weight excluding hydrogens is 378 g/mol. The first kappa shape index (κ1) is 16.6. The lowest BCUT2D eigenvalue weighted by Gasteiger charge is -2.27. The lowest BCUT2D eigenvalue weighted by atomic mass is 9.92. The van der Waals surface area contributed by atoms with Crippen LogP contribution < -0.4 is 10.9 Å². The number of H-pyrrole nitrogens is 1. The zero-order valence-corrected chi connectivity index (χ0v) is 15.5. The molecule has 138 valence electrons. The Morgan fingerprint density at radius 2 is 1.82 bits per heavy atom. The third-order valence-corrected chi connectivity index (χ3v) is 5.03. The van der Waals surface area contributed by atoms with E-state index >= 15 is 0 Å². The first-order valence-corrected chi connectivity index (χ1v) is 8.99. The largest absolute Gasteiger partial charge is 0.318 e. The Balaban J connectivity index is 1.81. The van der Waals surface area contributed by atoms with E-state index in [1.165, 1.54) is 0 Å². The minimum Gasteiger partial charge on any atom is -0.318 e. The number of nitrogens with zero attached hydrogens (tertiary/aromatic N) is 5. The molecule has 1 atom stereocenters. The van der Waals surface area contributed by atoms with Crippen LogP contribution in [0.2, 0.25) is 5.02 Å². The zero-order valence-electron chi connectivity index (χ0n) is 14.7. The van der Waals surface area contributed by atoms with Gasteiger partial charge in [0.25, 0.3) is 5.56 Å². The summed E-state index contributed by atoms with van der Waals surface area (Å²) in [4.78, 5) is 12.6. The highest BCUT2D eigenvalue weighted by molar-refractivity contribution is 6.30. The van der Waals surface area contributed by atoms with Gasteiger partial charge in [-0.2, -0.15) is 9.78 Å². The number of halogens is 1. The molecule has 3 heterocycles. The van der Waals surface area contributed by atoms with Crippen LogP contribution in [0.1, 0.15) is 22.7 Å². The number of aromatic amines is 1. The van der Waals surface area contributed by atoms with Crippen LogP contribution in [-0.2, 0) is 0 Å². The summed E-state index contributed by atoms with van der Waals surface area (Å²) in [6.07, 6.45) is 0. The Hall–Kier alpha value is -3.52. The molecule has 28 heavy (non-hydrogen) atoms. The van der Waals surface area contributed by atoms with Crippen molar-refractivity contribution in [2.24, 2.45) is 0 Å². The van der Waals surface area contributed by atoms with E-state index in [0.29, 0.717) is 27.9 Å². The van der Waals surface area contributed by atoms with Crippen molar-refractivity contribution in [3.8, 4) is 11.3 Å². The second-order valence-electron chi connectivity index (χ2n) is 6.58. The molecule has 9 heteroatoms. The summed E-state index contributed by atoms with van der Waals surface area (Å²) in [5.41, 5.74) is 4.32. The molecule has 1 aliphatic heterocycles. The summed E-state index contributed by atoms with van der Waals surface area (Å²) >= 11 is 6.07. The van der Waals surface area contributed by atoms with Crippen molar-refractivity contribution in [2.75, 3.05) is 5.32 Å². The fraction of sp³-hybridized carbons (Fsp3) is 0.105. The van der Waals surface area contributed by atoms with Crippen molar-refractivity contribution in [3.05, 3.63) is 80.6 Å². The van der Waals surface area contributed by atoms with E-state index in [4.69, 9.17) is 11.6 Å². The van der Waals surface area contributed by atoms with Crippen molar-refractivity contribution < 1.29 is 0 Å². The second kappa shape index (κ2) is 6.28. The van der Waals surface area contributed by atoms with Gasteiger partial charge < -0.3 is 5.32 Å². The van der Waals surface area contributed by atoms with Crippen LogP contribution in [0.4, 0.5) is 11.6 Å². The molecule has 0 fully saturated rings. The number of aryl methyl sites for hydroxylation is 1. The Labute approximate surface area is 164 Å². The van der Waals surface area contributed by atoms with Gasteiger partial charge in [0.05, 0.1) is 5.69 Å². The number of nitrogens with one attached hydrogen (secondary N) is 2. The van der Waals surface area contributed by atoms with Crippen LogP contribution >= 0.6 is 11.6 Å². The predicted molar refractivity (Wildman–Crippen MR) is 105 cm³/mol. The molecule has 8 nitrogen and oxygen atoms in total. The first-order chi connectivity index (χ1) is 13.6. The number of hydrogen-bond acceptors (Lipinski definition) is 6. The van der Waals surface area contributed by atoms with Gasteiger partial charge in [0.1, 0.15) is 11.7 Å². The Morgan fingerprint density at radius 1 is 1.07 bits per heavy atom. The SMILES string of the molecule is Cc1ccc(-c2n[nH]c(=O)c3c2C(c2ccc(Cl)cc2)n2nnnc2N3)cc1. The van der Waals surface area contributed by atoms with Crippen LogP contribution in [0.15, 0.2) is 53.3 Å². The summed E-state index contributed by atoms with van der Waals surface area (Å²) in [6.45, 7) is 2.02. The summed E-state index contributed by atoms with van der Waals surface area (Å²) in [5, 5.41) is 22.5. The first-order valence-electron chi connectivity index (χ1n) is 8.62. The maximum Gasteiger partial charge on any atom is 0.288 e. The number of benzene rings is 2. The van der Waals surface area contributed by atoms with Gasteiger partial charge in [-0.3, -0.25) is 4.79 Å². The van der Waals surface area contributed by atoms with Gasteiger partial charge in [-0.05, 0) is 35.0 Å². The Morgan fingerprint density at radius 3 is 2.57 bits per heavy atom. The summed E-state index contributed by atoms with van der Waals surface area (Å²) < 4.78 is 1.64. The van der Waals surface area contributed by atoms with Crippen molar-refractivity contribution in [1.29, 1.82) is 0 Å². The van der Waals surface area contributed by atoms with Crippen molar-refractivity contribution in [2.45, 2.75) is 13.0 Å². The highest BCUT2D eigenvalue weighted by Crippen LogP contribution is 2.41. The van der Waals surface area contributed by atoms with Crippen molar-refractivity contribution in [3.63, 3.8) is 0 Å². The van der Waals surface area contributed by atoms with Crippen LogP contribution in [0, 0.1) is 6.92 Å². The summed E-state index contributed by atoms with van der Waals surface area (Å²) in [7, 11) is 0. The standard InChI is InChI=1S/C19H14ClN7O/c1-10-2-4-11(5-3-10)15-14-16(18(28)23-22-15)21-19-24-25-26-27(19)17(14)12-6-8-13(20)9-7-12/h2-9,17H,1H3,(H,23,28)(H,21,24,26). The molecule has 2 N–H and O–H groups in total. The van der Waals surface area contributed by atoms with Crippen LogP contribution in [0.5, 0.6) is 0 Å². The van der Waals surface area contributed by atoms with E-state index < -0.39 is 6.04 Å². The number of tetrazole rings is 1. The van der Waals surface area contributed by atoms with Gasteiger partial charge >= 0.3 is 0 Å². The third kappa shape index (κ3) is 2.57. The third-order valence-electron chi connectivity index (χ3n) is 4.78. The Bertz CT molecular complexity index is 1230. The molecule has 0 aliphatic carbocycles. The topological polar surface area (TPSA) is 101 Å². The lowest BCUT2D eigenvalue weighted by molar-refractivity contribution is 0.567. The minimum absolute atomic E-state index is 0.334. The van der Waals surface area contributed by atoms with Gasteiger partial charge in [0.2, 0.25) is 5.95 Å². The van der Waals surface area contributed by atoms with E-state index in [0.717, 1.165) is 16.7 Å². The summed E-state index contributed by atoms with van der Waals surface area (Å²) in [5.74, 6) is 0.388. The van der Waals surface area contributed by atoms with Crippen molar-refractivity contribution >= 4 is 23.2 Å². The maximum absolute atomic E-state index is 12.6. The van der Waals surface area contributed by atoms with Gasteiger partial charge in [0.15, 0.2) is 0 Å². The molecule has 2 aromatic carbocycles. The normalized spacial score (nSPS) is 14.9. The molecule has 0 saturated carbocycles. The maximum atomic E-state index is 12.6. The highest BCUT2D eigenvalue weighted by Gasteiger charge is 2.34. The fourth-order valence-corrected chi connectivity index (χ4v) is 3.55. The average Bonchev–Trinajstić information content (AvgIpc) is 3.17. The number of rotatable bonds is 2. The number of aromatic nitrogens is 6. The smallest absolute Gasteiger partial charge is 0.288 e. The van der Waals surface area contributed by atoms with Gasteiger partial charge in [-0.1, -0.05) is 58.7 Å². The molecule has 1 unspecified atom stereocenters. The molecular formula is C19H14ClN7O. The van der Waals surface area contributed by atoms with Gasteiger partial charge in [-0.25, -0.2) is 5.10 Å². The summed E-state index contributed by atoms with van der Waals surface area (Å²) in [6, 6.07) is 14.9. The van der Waals surface area contributed by atoms with Gasteiger partial charge in [-0.15, -0.1) is 0 Å². The minimum atomic E-state index is -0.426. The van der Waals surface area contributed by atoms with E-state index in [1.54, 1.807) is 16.8 Å². The molecule has 0 amide bonds. The van der Waals surface area contributed by atoms with E-state index in [-0.39, 0.29) is 5.56 Å². The zero-order chi connectivity index (χ0) is 19.3.